The summed E-state index contributed by atoms with van der Waals surface area (Å²) in [5, 5.41) is 17.4. The molecule has 0 unspecified atom stereocenters. The number of aromatic nitrogens is 3. The quantitative estimate of drug-likeness (QED) is 0.732. The maximum Gasteiger partial charge on any atom is 0.172 e. The summed E-state index contributed by atoms with van der Waals surface area (Å²) in [6.45, 7) is 0. The first-order valence-corrected chi connectivity index (χ1v) is 7.03. The van der Waals surface area contributed by atoms with Gasteiger partial charge in [0.05, 0.1) is 18.5 Å². The van der Waals surface area contributed by atoms with E-state index in [2.05, 4.69) is 10.3 Å². The fraction of sp³-hybridized carbons (Fsp3) is 0.118. The third kappa shape index (κ3) is 3.06. The molecule has 0 aliphatic heterocycles. The van der Waals surface area contributed by atoms with Crippen molar-refractivity contribution in [3.8, 4) is 17.2 Å². The molecule has 0 spiro atoms. The molecule has 23 heavy (non-hydrogen) atoms. The highest BCUT2D eigenvalue weighted by Crippen LogP contribution is 2.20. The Morgan fingerprint density at radius 1 is 1.13 bits per heavy atom. The first-order valence-electron chi connectivity index (χ1n) is 7.03. The zero-order valence-corrected chi connectivity index (χ0v) is 12.5. The molecule has 6 nitrogen and oxygen atoms in total. The number of aldehydes is 1. The molecule has 6 heteroatoms. The van der Waals surface area contributed by atoms with Crippen molar-refractivity contribution in [2.45, 2.75) is 6.42 Å². The number of rotatable bonds is 5. The average Bonchev–Trinajstić information content (AvgIpc) is 2.99. The average molecular weight is 309 g/mol. The van der Waals surface area contributed by atoms with Crippen molar-refractivity contribution < 1.29 is 14.6 Å². The van der Waals surface area contributed by atoms with E-state index < -0.39 is 0 Å². The summed E-state index contributed by atoms with van der Waals surface area (Å²) >= 11 is 0. The van der Waals surface area contributed by atoms with Crippen molar-refractivity contribution >= 4 is 6.29 Å². The van der Waals surface area contributed by atoms with E-state index in [1.54, 1.807) is 36.1 Å². The highest BCUT2D eigenvalue weighted by atomic mass is 16.5. The predicted octanol–water partition coefficient (Wildman–Crippen LogP) is 2.38. The first-order chi connectivity index (χ1) is 11.2. The number of phenolic OH excluding ortho intramolecular Hbond substituents is 1. The number of carbonyl (C=O) groups is 1. The minimum absolute atomic E-state index is 0.168. The van der Waals surface area contributed by atoms with Crippen LogP contribution in [0.4, 0.5) is 0 Å². The van der Waals surface area contributed by atoms with Gasteiger partial charge in [-0.25, -0.2) is 4.68 Å². The molecule has 0 saturated heterocycles. The number of methoxy groups -OCH3 is 1. The summed E-state index contributed by atoms with van der Waals surface area (Å²) in [5.41, 5.74) is 2.73. The Morgan fingerprint density at radius 3 is 2.43 bits per heavy atom. The lowest BCUT2D eigenvalue weighted by Crippen LogP contribution is -2.04. The van der Waals surface area contributed by atoms with E-state index in [-0.39, 0.29) is 5.75 Å². The largest absolute Gasteiger partial charge is 0.508 e. The lowest BCUT2D eigenvalue weighted by molar-refractivity contribution is 0.111. The van der Waals surface area contributed by atoms with Crippen LogP contribution in [0.1, 0.15) is 21.7 Å². The van der Waals surface area contributed by atoms with Crippen LogP contribution in [0.15, 0.2) is 48.5 Å². The molecule has 3 rings (SSSR count). The molecule has 0 aliphatic carbocycles. The summed E-state index contributed by atoms with van der Waals surface area (Å²) < 4.78 is 6.75. The number of phenols is 1. The summed E-state index contributed by atoms with van der Waals surface area (Å²) in [7, 11) is 1.61. The Kier molecular flexibility index (Phi) is 4.05. The van der Waals surface area contributed by atoms with Gasteiger partial charge in [-0.05, 0) is 42.0 Å². The van der Waals surface area contributed by atoms with Crippen LogP contribution < -0.4 is 4.74 Å². The Labute approximate surface area is 133 Å². The van der Waals surface area contributed by atoms with Crippen LogP contribution in [0.2, 0.25) is 0 Å². The van der Waals surface area contributed by atoms with Crippen LogP contribution in [0.3, 0.4) is 0 Å². The lowest BCUT2D eigenvalue weighted by Gasteiger charge is -2.08. The summed E-state index contributed by atoms with van der Waals surface area (Å²) in [5.74, 6) is 0.940. The highest BCUT2D eigenvalue weighted by molar-refractivity contribution is 5.73. The second-order valence-electron chi connectivity index (χ2n) is 4.99. The van der Waals surface area contributed by atoms with Gasteiger partial charge in [-0.1, -0.05) is 17.3 Å². The minimum atomic E-state index is 0.168. The molecule has 0 bridgehead atoms. The Balaban J connectivity index is 1.98. The Morgan fingerprint density at radius 2 is 1.83 bits per heavy atom. The van der Waals surface area contributed by atoms with Gasteiger partial charge in [-0.3, -0.25) is 4.79 Å². The number of benzene rings is 2. The zero-order valence-electron chi connectivity index (χ0n) is 12.5. The molecule has 0 fully saturated rings. The van der Waals surface area contributed by atoms with Gasteiger partial charge in [0, 0.05) is 6.42 Å². The van der Waals surface area contributed by atoms with E-state index >= 15 is 0 Å². The maximum atomic E-state index is 11.2. The van der Waals surface area contributed by atoms with Crippen LogP contribution in [-0.4, -0.2) is 33.5 Å². The summed E-state index contributed by atoms with van der Waals surface area (Å²) in [6.07, 6.45) is 1.20. The Bertz CT molecular complexity index is 808. The van der Waals surface area contributed by atoms with Gasteiger partial charge in [-0.15, -0.1) is 5.10 Å². The van der Waals surface area contributed by atoms with Crippen LogP contribution in [0.25, 0.3) is 5.69 Å². The van der Waals surface area contributed by atoms with Crippen LogP contribution in [0.5, 0.6) is 11.5 Å². The van der Waals surface area contributed by atoms with Gasteiger partial charge in [0.25, 0.3) is 0 Å². The van der Waals surface area contributed by atoms with E-state index in [4.69, 9.17) is 4.74 Å². The van der Waals surface area contributed by atoms with Crippen molar-refractivity contribution in [1.29, 1.82) is 0 Å². The van der Waals surface area contributed by atoms with Crippen molar-refractivity contribution in [2.24, 2.45) is 0 Å². The SMILES string of the molecule is COc1ccc(Cc2c(C=O)nnn2-c2ccc(O)cc2)cc1. The monoisotopic (exact) mass is 309 g/mol. The highest BCUT2D eigenvalue weighted by Gasteiger charge is 2.14. The van der Waals surface area contributed by atoms with Crippen LogP contribution in [0, 0.1) is 0 Å². The molecule has 0 radical (unpaired) electrons. The third-order valence-electron chi connectivity index (χ3n) is 3.53. The second kappa shape index (κ2) is 6.31. The molecule has 0 atom stereocenters. The predicted molar refractivity (Wildman–Crippen MR) is 84.2 cm³/mol. The number of aromatic hydroxyl groups is 1. The molecule has 3 aromatic rings. The van der Waals surface area contributed by atoms with Crippen molar-refractivity contribution in [3.63, 3.8) is 0 Å². The van der Waals surface area contributed by atoms with Crippen molar-refractivity contribution in [3.05, 3.63) is 65.5 Å². The Hall–Kier alpha value is -3.15. The van der Waals surface area contributed by atoms with Crippen LogP contribution in [-0.2, 0) is 6.42 Å². The molecule has 0 amide bonds. The fourth-order valence-corrected chi connectivity index (χ4v) is 2.31. The van der Waals surface area contributed by atoms with Gasteiger partial charge < -0.3 is 9.84 Å². The summed E-state index contributed by atoms with van der Waals surface area (Å²) in [4.78, 5) is 11.2. The third-order valence-corrected chi connectivity index (χ3v) is 3.53. The molecule has 1 heterocycles. The molecule has 0 saturated carbocycles. The van der Waals surface area contributed by atoms with E-state index in [0.717, 1.165) is 17.0 Å². The van der Waals surface area contributed by atoms with Gasteiger partial charge in [-0.2, -0.15) is 0 Å². The number of nitrogens with zero attached hydrogens (tertiary/aromatic N) is 3. The summed E-state index contributed by atoms with van der Waals surface area (Å²) in [6, 6.07) is 14.2. The minimum Gasteiger partial charge on any atom is -0.508 e. The standard InChI is InChI=1S/C17H15N3O3/c1-23-15-8-2-12(3-9-15)10-17-16(11-21)18-19-20(17)13-4-6-14(22)7-5-13/h2-9,11,22H,10H2,1H3. The van der Waals surface area contributed by atoms with E-state index in [1.807, 2.05) is 24.3 Å². The molecule has 1 aromatic heterocycles. The van der Waals surface area contributed by atoms with Gasteiger partial charge >= 0.3 is 0 Å². The molecule has 2 aromatic carbocycles. The van der Waals surface area contributed by atoms with Crippen molar-refractivity contribution in [1.82, 2.24) is 15.0 Å². The number of hydrogen-bond acceptors (Lipinski definition) is 5. The van der Waals surface area contributed by atoms with Gasteiger partial charge in [0.1, 0.15) is 17.2 Å². The normalized spacial score (nSPS) is 10.5. The number of carbonyl (C=O) groups excluding carboxylic acids is 1. The number of hydrogen-bond donors (Lipinski definition) is 1. The van der Waals surface area contributed by atoms with E-state index in [9.17, 15) is 9.90 Å². The second-order valence-corrected chi connectivity index (χ2v) is 4.99. The van der Waals surface area contributed by atoms with E-state index in [1.165, 1.54) is 0 Å². The maximum absolute atomic E-state index is 11.2. The number of ether oxygens (including phenoxy) is 1. The topological polar surface area (TPSA) is 77.2 Å². The first kappa shape index (κ1) is 14.8. The molecular formula is C17H15N3O3. The van der Waals surface area contributed by atoms with Crippen LogP contribution >= 0.6 is 0 Å². The van der Waals surface area contributed by atoms with Crippen molar-refractivity contribution in [2.75, 3.05) is 7.11 Å². The van der Waals surface area contributed by atoms with E-state index in [0.29, 0.717) is 24.1 Å². The fourth-order valence-electron chi connectivity index (χ4n) is 2.31. The smallest absolute Gasteiger partial charge is 0.172 e. The molecule has 116 valence electrons. The molecular weight excluding hydrogens is 294 g/mol. The molecule has 0 aliphatic rings. The van der Waals surface area contributed by atoms with Gasteiger partial charge in [0.2, 0.25) is 0 Å². The lowest BCUT2D eigenvalue weighted by atomic mass is 10.1. The molecule has 1 N–H and O–H groups in total. The zero-order chi connectivity index (χ0) is 16.2. The van der Waals surface area contributed by atoms with Gasteiger partial charge in [0.15, 0.2) is 6.29 Å².